The molecular formula is C8H10NiO4. The van der Waals surface area contributed by atoms with Crippen molar-refractivity contribution in [2.45, 2.75) is 13.8 Å². The molecule has 0 aromatic heterocycles. The number of hydrogen-bond acceptors (Lipinski definition) is 4. The first-order chi connectivity index (χ1) is 5.29. The predicted molar refractivity (Wildman–Crippen MR) is 39.6 cm³/mol. The molecule has 0 amide bonds. The summed E-state index contributed by atoms with van der Waals surface area (Å²) in [6.45, 7) is 8.95. The molecule has 0 aliphatic carbocycles. The summed E-state index contributed by atoms with van der Waals surface area (Å²) in [5.74, 6) is -2.37. The Balaban J connectivity index is -0.000000143. The maximum absolute atomic E-state index is 9.49. The molecule has 0 heterocycles. The topological polar surface area (TPSA) is 80.3 Å². The van der Waals surface area contributed by atoms with Crippen molar-refractivity contribution >= 4 is 11.9 Å². The quantitative estimate of drug-likeness (QED) is 0.431. The van der Waals surface area contributed by atoms with Crippen LogP contribution < -0.4 is 10.2 Å². The minimum Gasteiger partial charge on any atom is -0.545 e. The molecule has 0 aromatic carbocycles. The number of carbonyl (C=O) groups excluding carboxylic acids is 2. The fourth-order valence-corrected chi connectivity index (χ4v) is 0. The van der Waals surface area contributed by atoms with Crippen LogP contribution in [-0.2, 0) is 26.1 Å². The Morgan fingerprint density at radius 3 is 1.00 bits per heavy atom. The monoisotopic (exact) mass is 228 g/mol. The molecule has 0 N–H and O–H groups in total. The van der Waals surface area contributed by atoms with Crippen LogP contribution in [0, 0.1) is 0 Å². The summed E-state index contributed by atoms with van der Waals surface area (Å²) in [4.78, 5) is 19.0. The van der Waals surface area contributed by atoms with E-state index in [4.69, 9.17) is 0 Å². The van der Waals surface area contributed by atoms with Crippen LogP contribution in [0.2, 0.25) is 0 Å². The predicted octanol–water partition coefficient (Wildman–Crippen LogP) is -1.38. The van der Waals surface area contributed by atoms with Crippen LogP contribution in [0.25, 0.3) is 0 Å². The van der Waals surface area contributed by atoms with Crippen molar-refractivity contribution in [3.63, 3.8) is 0 Å². The van der Waals surface area contributed by atoms with Crippen LogP contribution in [0.15, 0.2) is 24.3 Å². The number of carbonyl (C=O) groups is 2. The second kappa shape index (κ2) is 9.01. The van der Waals surface area contributed by atoms with Crippen molar-refractivity contribution in [3.8, 4) is 0 Å². The van der Waals surface area contributed by atoms with E-state index in [1.165, 1.54) is 13.8 Å². The van der Waals surface area contributed by atoms with Crippen LogP contribution in [0.4, 0.5) is 0 Å². The summed E-state index contributed by atoms with van der Waals surface area (Å²) in [6, 6.07) is 0. The maximum atomic E-state index is 9.49. The van der Waals surface area contributed by atoms with Gasteiger partial charge in [0, 0.05) is 0 Å². The summed E-state index contributed by atoms with van der Waals surface area (Å²) in [7, 11) is 0. The molecule has 0 fully saturated rings. The Bertz CT molecular complexity index is 172. The summed E-state index contributed by atoms with van der Waals surface area (Å²) in [5, 5.41) is 19.0. The van der Waals surface area contributed by atoms with Gasteiger partial charge in [0.25, 0.3) is 0 Å². The van der Waals surface area contributed by atoms with Crippen LogP contribution in [-0.4, -0.2) is 11.9 Å². The Labute approximate surface area is 86.9 Å². The molecule has 0 radical (unpaired) electrons. The Kier molecular flexibility index (Phi) is 12.4. The first-order valence-corrected chi connectivity index (χ1v) is 3.02. The summed E-state index contributed by atoms with van der Waals surface area (Å²) in [6.07, 6.45) is 0. The van der Waals surface area contributed by atoms with E-state index >= 15 is 0 Å². The first kappa shape index (κ1) is 17.9. The van der Waals surface area contributed by atoms with Gasteiger partial charge in [0.05, 0.1) is 11.9 Å². The third-order valence-corrected chi connectivity index (χ3v) is 0.697. The van der Waals surface area contributed by atoms with E-state index in [2.05, 4.69) is 13.2 Å². The van der Waals surface area contributed by atoms with E-state index in [-0.39, 0.29) is 27.6 Å². The van der Waals surface area contributed by atoms with E-state index in [1.54, 1.807) is 0 Å². The number of aliphatic carboxylic acids is 2. The molecule has 0 aromatic rings. The number of hydrogen-bond donors (Lipinski definition) is 0. The van der Waals surface area contributed by atoms with Crippen molar-refractivity contribution in [2.75, 3.05) is 0 Å². The van der Waals surface area contributed by atoms with Gasteiger partial charge in [-0.05, 0) is 25.0 Å². The van der Waals surface area contributed by atoms with Gasteiger partial charge in [0.2, 0.25) is 0 Å². The fraction of sp³-hybridized carbons (Fsp3) is 0.250. The average Bonchev–Trinajstić information content (AvgIpc) is 1.88. The number of rotatable bonds is 2. The van der Waals surface area contributed by atoms with E-state index in [1.807, 2.05) is 0 Å². The summed E-state index contributed by atoms with van der Waals surface area (Å²) < 4.78 is 0. The van der Waals surface area contributed by atoms with Crippen LogP contribution in [0.1, 0.15) is 13.8 Å². The van der Waals surface area contributed by atoms with Gasteiger partial charge in [-0.15, -0.1) is 0 Å². The van der Waals surface area contributed by atoms with E-state index in [9.17, 15) is 19.8 Å². The zero-order valence-corrected chi connectivity index (χ0v) is 8.35. The van der Waals surface area contributed by atoms with Crippen molar-refractivity contribution in [1.82, 2.24) is 0 Å². The summed E-state index contributed by atoms with van der Waals surface area (Å²) in [5.41, 5.74) is 0.130. The molecule has 0 saturated carbocycles. The molecular weight excluding hydrogens is 219 g/mol. The van der Waals surface area contributed by atoms with E-state index < -0.39 is 11.9 Å². The number of carboxylic acids is 2. The van der Waals surface area contributed by atoms with Crippen LogP contribution >= 0.6 is 0 Å². The average molecular weight is 229 g/mol. The zero-order valence-electron chi connectivity index (χ0n) is 7.36. The zero-order chi connectivity index (χ0) is 10.3. The van der Waals surface area contributed by atoms with Gasteiger partial charge in [-0.2, -0.15) is 0 Å². The standard InChI is InChI=1S/2C4H6O2.Ni/c2*1-3(2)4(5)6;/h2*1H2,2H3,(H,5,6);/q;;+2/p-2. The molecule has 0 atom stereocenters. The molecule has 76 valence electrons. The normalized spacial score (nSPS) is 6.92. The molecule has 0 aliphatic rings. The Morgan fingerprint density at radius 2 is 1.00 bits per heavy atom. The van der Waals surface area contributed by atoms with Gasteiger partial charge < -0.3 is 19.8 Å². The van der Waals surface area contributed by atoms with Crippen LogP contribution in [0.5, 0.6) is 0 Å². The molecule has 5 heteroatoms. The van der Waals surface area contributed by atoms with Gasteiger partial charge in [-0.1, -0.05) is 13.2 Å². The van der Waals surface area contributed by atoms with E-state index in [0.717, 1.165) is 0 Å². The van der Waals surface area contributed by atoms with Gasteiger partial charge in [-0.25, -0.2) is 0 Å². The van der Waals surface area contributed by atoms with Gasteiger partial charge >= 0.3 is 16.5 Å². The maximum Gasteiger partial charge on any atom is 2.00 e. The molecule has 0 aliphatic heterocycles. The molecule has 13 heavy (non-hydrogen) atoms. The van der Waals surface area contributed by atoms with Gasteiger partial charge in [0.15, 0.2) is 0 Å². The Hall–Kier alpha value is -1.09. The molecule has 0 bridgehead atoms. The van der Waals surface area contributed by atoms with Gasteiger partial charge in [-0.3, -0.25) is 0 Å². The minimum absolute atomic E-state index is 0. The smallest absolute Gasteiger partial charge is 0.545 e. The van der Waals surface area contributed by atoms with Crippen molar-refractivity contribution in [1.29, 1.82) is 0 Å². The molecule has 0 saturated heterocycles. The molecule has 0 unspecified atom stereocenters. The largest absolute Gasteiger partial charge is 2.00 e. The first-order valence-electron chi connectivity index (χ1n) is 3.02. The van der Waals surface area contributed by atoms with Crippen molar-refractivity contribution in [3.05, 3.63) is 24.3 Å². The third kappa shape index (κ3) is 18.1. The molecule has 0 rings (SSSR count). The van der Waals surface area contributed by atoms with Crippen LogP contribution in [0.3, 0.4) is 0 Å². The second-order valence-corrected chi connectivity index (χ2v) is 2.14. The van der Waals surface area contributed by atoms with Crippen molar-refractivity contribution < 1.29 is 36.3 Å². The fourth-order valence-electron chi connectivity index (χ4n) is 0. The van der Waals surface area contributed by atoms with E-state index in [0.29, 0.717) is 0 Å². The second-order valence-electron chi connectivity index (χ2n) is 2.14. The molecule has 4 nitrogen and oxygen atoms in total. The third-order valence-electron chi connectivity index (χ3n) is 0.697. The van der Waals surface area contributed by atoms with Crippen molar-refractivity contribution in [2.24, 2.45) is 0 Å². The number of carboxylic acid groups (broad SMARTS) is 2. The molecule has 0 spiro atoms. The summed E-state index contributed by atoms with van der Waals surface area (Å²) >= 11 is 0. The SMILES string of the molecule is C=C(C)C(=O)[O-].C=C(C)C(=O)[O-].[Ni+2]. The minimum atomic E-state index is -1.19. The van der Waals surface area contributed by atoms with Gasteiger partial charge in [0.1, 0.15) is 0 Å². The Morgan fingerprint density at radius 1 is 0.923 bits per heavy atom.